The van der Waals surface area contributed by atoms with Crippen molar-refractivity contribution in [3.05, 3.63) is 107 Å². The van der Waals surface area contributed by atoms with Crippen molar-refractivity contribution in [2.75, 3.05) is 0 Å². The van der Waals surface area contributed by atoms with Crippen molar-refractivity contribution in [2.24, 2.45) is 0 Å². The van der Waals surface area contributed by atoms with Crippen LogP contribution in [0.5, 0.6) is 0 Å². The van der Waals surface area contributed by atoms with E-state index in [1.807, 2.05) is 67.6 Å². The number of hydrogen-bond donors (Lipinski definition) is 0. The molecule has 0 saturated carbocycles. The molecule has 0 bridgehead atoms. The van der Waals surface area contributed by atoms with Crippen LogP contribution < -0.4 is 0 Å². The SMILES string of the molecule is CC(Cc1ccccc1)ON1C(=O)C(=O)C1c1ccc(C(=O)OCc2ccccc2)cc1. The summed E-state index contributed by atoms with van der Waals surface area (Å²) in [6.07, 6.45) is 0.321. The third-order valence-corrected chi connectivity index (χ3v) is 5.23. The molecule has 2 atom stereocenters. The van der Waals surface area contributed by atoms with E-state index < -0.39 is 23.7 Å². The van der Waals surface area contributed by atoms with Crippen LogP contribution in [-0.4, -0.2) is 28.8 Å². The normalized spacial score (nSPS) is 16.4. The van der Waals surface area contributed by atoms with Crippen LogP contribution in [0, 0.1) is 0 Å². The molecule has 0 N–H and O–H groups in total. The lowest BCUT2D eigenvalue weighted by molar-refractivity contribution is -0.238. The lowest BCUT2D eigenvalue weighted by atomic mass is 9.94. The van der Waals surface area contributed by atoms with Gasteiger partial charge in [0.15, 0.2) is 6.04 Å². The van der Waals surface area contributed by atoms with Crippen molar-refractivity contribution in [1.82, 2.24) is 5.06 Å². The Kier molecular flexibility index (Phi) is 6.42. The Bertz CT molecular complexity index is 1100. The second-order valence-corrected chi connectivity index (χ2v) is 7.69. The van der Waals surface area contributed by atoms with Gasteiger partial charge in [0.1, 0.15) is 6.61 Å². The number of Topliss-reactive ketones (excluding diaryl/α,β-unsaturated/α-hetero) is 1. The van der Waals surface area contributed by atoms with Gasteiger partial charge in [-0.2, -0.15) is 5.06 Å². The number of β-lactam (4-membered cyclic amide) rings is 1. The predicted molar refractivity (Wildman–Crippen MR) is 117 cm³/mol. The average molecular weight is 429 g/mol. The highest BCUT2D eigenvalue weighted by Crippen LogP contribution is 2.32. The van der Waals surface area contributed by atoms with Gasteiger partial charge in [0, 0.05) is 6.42 Å². The topological polar surface area (TPSA) is 72.9 Å². The third-order valence-electron chi connectivity index (χ3n) is 5.23. The lowest BCUT2D eigenvalue weighted by Crippen LogP contribution is -2.56. The van der Waals surface area contributed by atoms with Gasteiger partial charge in [0.2, 0.25) is 0 Å². The maximum Gasteiger partial charge on any atom is 0.338 e. The van der Waals surface area contributed by atoms with Crippen molar-refractivity contribution in [2.45, 2.75) is 32.1 Å². The molecule has 1 fully saturated rings. The largest absolute Gasteiger partial charge is 0.457 e. The number of esters is 1. The first-order valence-electron chi connectivity index (χ1n) is 10.4. The van der Waals surface area contributed by atoms with Crippen LogP contribution in [0.25, 0.3) is 0 Å². The number of hydroxylamine groups is 2. The maximum atomic E-state index is 12.3. The van der Waals surface area contributed by atoms with Crippen molar-refractivity contribution in [3.8, 4) is 0 Å². The number of carbonyl (C=O) groups is 3. The van der Waals surface area contributed by atoms with Crippen molar-refractivity contribution >= 4 is 17.7 Å². The van der Waals surface area contributed by atoms with Gasteiger partial charge >= 0.3 is 11.9 Å². The Balaban J connectivity index is 1.38. The van der Waals surface area contributed by atoms with Crippen molar-refractivity contribution in [3.63, 3.8) is 0 Å². The molecule has 2 unspecified atom stereocenters. The minimum Gasteiger partial charge on any atom is -0.457 e. The molecule has 0 radical (unpaired) electrons. The summed E-state index contributed by atoms with van der Waals surface area (Å²) in [4.78, 5) is 42.4. The molecule has 1 amide bonds. The quantitative estimate of drug-likeness (QED) is 0.307. The minimum atomic E-state index is -0.810. The number of amides is 1. The van der Waals surface area contributed by atoms with Gasteiger partial charge in [-0.3, -0.25) is 14.4 Å². The van der Waals surface area contributed by atoms with Gasteiger partial charge in [-0.15, -0.1) is 0 Å². The Morgan fingerprint density at radius 2 is 1.47 bits per heavy atom. The molecule has 0 aromatic heterocycles. The fourth-order valence-corrected chi connectivity index (χ4v) is 3.56. The van der Waals surface area contributed by atoms with E-state index >= 15 is 0 Å². The van der Waals surface area contributed by atoms with E-state index in [0.29, 0.717) is 17.5 Å². The van der Waals surface area contributed by atoms with Crippen molar-refractivity contribution < 1.29 is 24.0 Å². The molecule has 0 spiro atoms. The summed E-state index contributed by atoms with van der Waals surface area (Å²) in [6, 6.07) is 24.8. The second kappa shape index (κ2) is 9.58. The van der Waals surface area contributed by atoms with Crippen LogP contribution in [0.3, 0.4) is 0 Å². The van der Waals surface area contributed by atoms with Gasteiger partial charge in [-0.1, -0.05) is 72.8 Å². The summed E-state index contributed by atoms with van der Waals surface area (Å²) < 4.78 is 5.33. The molecule has 32 heavy (non-hydrogen) atoms. The van der Waals surface area contributed by atoms with Gasteiger partial charge in [0.05, 0.1) is 11.7 Å². The molecular weight excluding hydrogens is 406 g/mol. The van der Waals surface area contributed by atoms with E-state index in [9.17, 15) is 14.4 Å². The predicted octanol–water partition coefficient (Wildman–Crippen LogP) is 4.06. The highest BCUT2D eigenvalue weighted by Gasteiger charge is 2.49. The number of ether oxygens (including phenoxy) is 1. The smallest absolute Gasteiger partial charge is 0.338 e. The number of rotatable bonds is 8. The van der Waals surface area contributed by atoms with Crippen LogP contribution in [0.15, 0.2) is 84.9 Å². The summed E-state index contributed by atoms with van der Waals surface area (Å²) >= 11 is 0. The van der Waals surface area contributed by atoms with Crippen molar-refractivity contribution in [1.29, 1.82) is 0 Å². The van der Waals surface area contributed by atoms with E-state index in [2.05, 4.69) is 0 Å². The van der Waals surface area contributed by atoms with Crippen LogP contribution in [0.4, 0.5) is 0 Å². The molecule has 1 aliphatic rings. The zero-order valence-electron chi connectivity index (χ0n) is 17.6. The molecule has 6 heteroatoms. The Morgan fingerprint density at radius 3 is 2.09 bits per heavy atom. The number of benzene rings is 3. The third kappa shape index (κ3) is 4.76. The highest BCUT2D eigenvalue weighted by atomic mass is 16.7. The molecule has 1 saturated heterocycles. The number of ketones is 1. The molecule has 1 aliphatic heterocycles. The summed E-state index contributed by atoms with van der Waals surface area (Å²) in [5.74, 6) is -1.65. The Labute approximate surface area is 186 Å². The molecule has 0 aliphatic carbocycles. The van der Waals surface area contributed by atoms with Gasteiger partial charge in [-0.25, -0.2) is 4.79 Å². The van der Waals surface area contributed by atoms with E-state index in [4.69, 9.17) is 9.57 Å². The van der Waals surface area contributed by atoms with E-state index in [0.717, 1.165) is 16.2 Å². The van der Waals surface area contributed by atoms with Gasteiger partial charge < -0.3 is 4.74 Å². The lowest BCUT2D eigenvalue weighted by Gasteiger charge is -2.38. The molecule has 3 aromatic carbocycles. The van der Waals surface area contributed by atoms with E-state index in [-0.39, 0.29) is 12.7 Å². The number of nitrogens with zero attached hydrogens (tertiary/aromatic N) is 1. The number of carbonyl (C=O) groups excluding carboxylic acids is 3. The fraction of sp³-hybridized carbons (Fsp3) is 0.192. The molecule has 162 valence electrons. The first kappa shape index (κ1) is 21.5. The second-order valence-electron chi connectivity index (χ2n) is 7.69. The van der Waals surface area contributed by atoms with E-state index in [1.54, 1.807) is 24.3 Å². The first-order chi connectivity index (χ1) is 15.5. The number of hydrogen-bond acceptors (Lipinski definition) is 5. The van der Waals surface area contributed by atoms with Crippen LogP contribution in [-0.2, 0) is 32.2 Å². The average Bonchev–Trinajstić information content (AvgIpc) is 2.83. The Morgan fingerprint density at radius 1 is 0.875 bits per heavy atom. The monoisotopic (exact) mass is 429 g/mol. The molecule has 1 heterocycles. The standard InChI is InChI=1S/C26H23NO5/c1-18(16-19-8-4-2-5-9-19)32-27-23(24(28)25(27)29)21-12-14-22(15-13-21)26(30)31-17-20-10-6-3-7-11-20/h2-15,18,23H,16-17H2,1H3. The van der Waals surface area contributed by atoms with Crippen LogP contribution >= 0.6 is 0 Å². The summed E-state index contributed by atoms with van der Waals surface area (Å²) in [5, 5.41) is 1.12. The zero-order valence-corrected chi connectivity index (χ0v) is 17.6. The van der Waals surface area contributed by atoms with E-state index in [1.165, 1.54) is 0 Å². The summed E-state index contributed by atoms with van der Waals surface area (Å²) in [6.45, 7) is 2.03. The molecule has 4 rings (SSSR count). The maximum absolute atomic E-state index is 12.3. The van der Waals surface area contributed by atoms with Crippen LogP contribution in [0.1, 0.15) is 40.0 Å². The van der Waals surface area contributed by atoms with Crippen LogP contribution in [0.2, 0.25) is 0 Å². The zero-order chi connectivity index (χ0) is 22.5. The fourth-order valence-electron chi connectivity index (χ4n) is 3.56. The van der Waals surface area contributed by atoms with Gasteiger partial charge in [0.25, 0.3) is 5.78 Å². The summed E-state index contributed by atoms with van der Waals surface area (Å²) in [7, 11) is 0. The highest BCUT2D eigenvalue weighted by molar-refractivity contribution is 6.44. The molecule has 3 aromatic rings. The van der Waals surface area contributed by atoms with Gasteiger partial charge in [-0.05, 0) is 35.7 Å². The molecule has 6 nitrogen and oxygen atoms in total. The molecular formula is C26H23NO5. The Hall–Kier alpha value is -3.77. The summed E-state index contributed by atoms with van der Waals surface area (Å²) in [5.41, 5.74) is 2.93. The minimum absolute atomic E-state index is 0.179. The first-order valence-corrected chi connectivity index (χ1v) is 10.4.